The fraction of sp³-hybridized carbons (Fsp3) is 0.806. The van der Waals surface area contributed by atoms with E-state index >= 15 is 0 Å². The van der Waals surface area contributed by atoms with E-state index in [4.69, 9.17) is 40.0 Å². The number of unbranched alkanes of at least 4 members (excludes halogenated alkanes) is 4. The van der Waals surface area contributed by atoms with Crippen LogP contribution in [0.15, 0.2) is 6.07 Å². The molecule has 0 N–H and O–H groups in total. The normalized spacial score (nSPS) is 24.6. The smallest absolute Gasteiger partial charge is 0.130 e. The molecule has 8 heteroatoms. The number of halogens is 2. The van der Waals surface area contributed by atoms with Crippen molar-refractivity contribution < 1.29 is 28.4 Å². The Kier molecular flexibility index (Phi) is 15.4. The van der Waals surface area contributed by atoms with Crippen LogP contribution in [0.4, 0.5) is 0 Å². The van der Waals surface area contributed by atoms with Gasteiger partial charge in [-0.3, -0.25) is 0 Å². The topological polar surface area (TPSA) is 55.4 Å². The molecule has 1 aromatic rings. The molecular formula is C31H50BrClO6. The zero-order chi connectivity index (χ0) is 28.0. The Balaban J connectivity index is 2.03. The third-order valence-corrected chi connectivity index (χ3v) is 8.52. The number of hydrogen-bond donors (Lipinski definition) is 0. The van der Waals surface area contributed by atoms with Gasteiger partial charge < -0.3 is 28.4 Å². The van der Waals surface area contributed by atoms with Gasteiger partial charge in [-0.25, -0.2) is 0 Å². The number of hydrogen-bond acceptors (Lipinski definition) is 6. The highest BCUT2D eigenvalue weighted by Crippen LogP contribution is 2.46. The zero-order valence-electron chi connectivity index (χ0n) is 24.5. The minimum atomic E-state index is -0.388. The molecule has 5 atom stereocenters. The lowest BCUT2D eigenvalue weighted by Gasteiger charge is -2.46. The van der Waals surface area contributed by atoms with Gasteiger partial charge in [0.1, 0.15) is 36.3 Å². The molecule has 0 spiro atoms. The molecule has 2 heterocycles. The molecular weight excluding hydrogens is 584 g/mol. The van der Waals surface area contributed by atoms with E-state index < -0.39 is 0 Å². The number of rotatable bonds is 19. The number of benzene rings is 1. The van der Waals surface area contributed by atoms with Gasteiger partial charge in [0.25, 0.3) is 0 Å². The van der Waals surface area contributed by atoms with Gasteiger partial charge in [-0.15, -0.1) is 0 Å². The molecule has 39 heavy (non-hydrogen) atoms. The highest BCUT2D eigenvalue weighted by Gasteiger charge is 2.50. The number of alkyl halides is 1. The van der Waals surface area contributed by atoms with Gasteiger partial charge in [-0.2, -0.15) is 0 Å². The fourth-order valence-electron chi connectivity index (χ4n) is 5.15. The van der Waals surface area contributed by atoms with E-state index in [2.05, 4.69) is 49.7 Å². The Bertz CT molecular complexity index is 840. The van der Waals surface area contributed by atoms with E-state index in [1.54, 1.807) is 0 Å². The highest BCUT2D eigenvalue weighted by atomic mass is 79.9. The fourth-order valence-corrected chi connectivity index (χ4v) is 6.06. The van der Waals surface area contributed by atoms with Crippen LogP contribution in [0.2, 0.25) is 5.02 Å². The summed E-state index contributed by atoms with van der Waals surface area (Å²) in [5, 5.41) is 1.43. The summed E-state index contributed by atoms with van der Waals surface area (Å²) >= 11 is 10.4. The second kappa shape index (κ2) is 18.2. The second-order valence-corrected chi connectivity index (χ2v) is 11.5. The molecule has 0 aliphatic carbocycles. The van der Waals surface area contributed by atoms with Crippen molar-refractivity contribution >= 4 is 27.5 Å². The van der Waals surface area contributed by atoms with E-state index in [0.717, 1.165) is 85.2 Å². The highest BCUT2D eigenvalue weighted by molar-refractivity contribution is 9.08. The molecule has 224 valence electrons. The SMILES string of the molecule is CCCCOC[C@H]1OC(c2cc(CBr)c(Cl)c3c2OCC3)[C@H](OCCCC)[C@@H](OCCCC)[C@@H]1OCCCC. The van der Waals surface area contributed by atoms with Crippen molar-refractivity contribution in [3.05, 3.63) is 27.8 Å². The monoisotopic (exact) mass is 632 g/mol. The van der Waals surface area contributed by atoms with Crippen molar-refractivity contribution in [2.75, 3.05) is 39.6 Å². The molecule has 0 amide bonds. The van der Waals surface area contributed by atoms with Crippen LogP contribution in [-0.4, -0.2) is 64.1 Å². The third-order valence-electron chi connectivity index (χ3n) is 7.44. The van der Waals surface area contributed by atoms with Gasteiger partial charge in [0.2, 0.25) is 0 Å². The molecule has 2 aliphatic rings. The summed E-state index contributed by atoms with van der Waals surface area (Å²) in [7, 11) is 0. The lowest BCUT2D eigenvalue weighted by Crippen LogP contribution is -2.58. The predicted molar refractivity (Wildman–Crippen MR) is 161 cm³/mol. The van der Waals surface area contributed by atoms with Crippen LogP contribution >= 0.6 is 27.5 Å². The largest absolute Gasteiger partial charge is 0.493 e. The first-order chi connectivity index (χ1) is 19.1. The zero-order valence-corrected chi connectivity index (χ0v) is 26.8. The van der Waals surface area contributed by atoms with E-state index in [-0.39, 0.29) is 30.5 Å². The summed E-state index contributed by atoms with van der Waals surface area (Å²) < 4.78 is 39.1. The van der Waals surface area contributed by atoms with E-state index in [9.17, 15) is 0 Å². The average molecular weight is 634 g/mol. The summed E-state index contributed by atoms with van der Waals surface area (Å²) in [6.07, 6.45) is 7.42. The van der Waals surface area contributed by atoms with Gasteiger partial charge in [0.05, 0.1) is 18.2 Å². The molecule has 2 aliphatic heterocycles. The van der Waals surface area contributed by atoms with Crippen molar-refractivity contribution in [2.45, 2.75) is 121 Å². The number of fused-ring (bicyclic) bond motifs is 1. The summed E-state index contributed by atoms with van der Waals surface area (Å²) in [5.74, 6) is 0.835. The third kappa shape index (κ3) is 9.04. The number of ether oxygens (including phenoxy) is 6. The van der Waals surface area contributed by atoms with Crippen LogP contribution in [0.25, 0.3) is 0 Å². The Morgan fingerprint density at radius 2 is 1.44 bits per heavy atom. The maximum absolute atomic E-state index is 6.95. The maximum atomic E-state index is 6.95. The first kappa shape index (κ1) is 33.1. The van der Waals surface area contributed by atoms with E-state index in [0.29, 0.717) is 45.0 Å². The van der Waals surface area contributed by atoms with Gasteiger partial charge in [-0.05, 0) is 37.3 Å². The molecule has 3 rings (SSSR count). The van der Waals surface area contributed by atoms with Crippen LogP contribution in [0.5, 0.6) is 5.75 Å². The Hall–Kier alpha value is -0.410. The molecule has 0 radical (unpaired) electrons. The molecule has 1 fully saturated rings. The van der Waals surface area contributed by atoms with Crippen molar-refractivity contribution in [1.29, 1.82) is 0 Å². The van der Waals surface area contributed by atoms with Gasteiger partial charge in [0.15, 0.2) is 0 Å². The summed E-state index contributed by atoms with van der Waals surface area (Å²) in [5.41, 5.74) is 3.07. The van der Waals surface area contributed by atoms with Crippen molar-refractivity contribution in [3.8, 4) is 5.75 Å². The Morgan fingerprint density at radius 3 is 2.05 bits per heavy atom. The maximum Gasteiger partial charge on any atom is 0.130 e. The lowest BCUT2D eigenvalue weighted by molar-refractivity contribution is -0.268. The van der Waals surface area contributed by atoms with Gasteiger partial charge in [-0.1, -0.05) is 80.9 Å². The minimum absolute atomic E-state index is 0.283. The molecule has 1 aromatic carbocycles. The van der Waals surface area contributed by atoms with E-state index in [1.807, 2.05) is 0 Å². The Morgan fingerprint density at radius 1 is 0.846 bits per heavy atom. The standard InChI is InChI=1S/C31H50BrClO6/c1-5-9-14-34-21-25-29(35-15-10-6-2)31(37-17-12-8-4)30(36-16-11-7-3)28(39-25)24-19-22(20-32)26(33)23-13-18-38-27(23)24/h19,25,28-31H,5-18,20-21H2,1-4H3/t25-,28?,29-,30+,31+/m1/s1. The van der Waals surface area contributed by atoms with Crippen LogP contribution in [0.1, 0.15) is 102 Å². The van der Waals surface area contributed by atoms with Crippen LogP contribution < -0.4 is 4.74 Å². The van der Waals surface area contributed by atoms with Crippen LogP contribution in [0.3, 0.4) is 0 Å². The average Bonchev–Trinajstić information content (AvgIpc) is 3.44. The molecule has 0 aromatic heterocycles. The van der Waals surface area contributed by atoms with Crippen LogP contribution in [0, 0.1) is 0 Å². The first-order valence-corrected chi connectivity index (χ1v) is 16.7. The quantitative estimate of drug-likeness (QED) is 0.114. The van der Waals surface area contributed by atoms with Gasteiger partial charge >= 0.3 is 0 Å². The van der Waals surface area contributed by atoms with E-state index in [1.165, 1.54) is 0 Å². The summed E-state index contributed by atoms with van der Waals surface area (Å²) in [6.45, 7) is 12.4. The van der Waals surface area contributed by atoms with Gasteiger partial charge in [0, 0.05) is 49.3 Å². The molecule has 0 saturated carbocycles. The molecule has 1 unspecified atom stereocenters. The first-order valence-electron chi connectivity index (χ1n) is 15.2. The summed E-state index contributed by atoms with van der Waals surface area (Å²) in [4.78, 5) is 0. The van der Waals surface area contributed by atoms with Crippen molar-refractivity contribution in [1.82, 2.24) is 0 Å². The Labute approximate surface area is 249 Å². The minimum Gasteiger partial charge on any atom is -0.493 e. The lowest BCUT2D eigenvalue weighted by atomic mass is 9.88. The van der Waals surface area contributed by atoms with Crippen molar-refractivity contribution in [2.24, 2.45) is 0 Å². The van der Waals surface area contributed by atoms with Crippen molar-refractivity contribution in [3.63, 3.8) is 0 Å². The molecule has 1 saturated heterocycles. The molecule has 0 bridgehead atoms. The van der Waals surface area contributed by atoms with Crippen LogP contribution in [-0.2, 0) is 35.4 Å². The summed E-state index contributed by atoms with van der Waals surface area (Å²) in [6, 6.07) is 2.12. The second-order valence-electron chi connectivity index (χ2n) is 10.6. The molecule has 6 nitrogen and oxygen atoms in total. The predicted octanol–water partition coefficient (Wildman–Crippen LogP) is 7.98.